The highest BCUT2D eigenvalue weighted by atomic mass is 31.2. The lowest BCUT2D eigenvalue weighted by atomic mass is 10.1. The van der Waals surface area contributed by atoms with Crippen LogP contribution in [0, 0.1) is 0 Å². The SMILES string of the molecule is CCCCC/C=C/C/C=C/C/C=C/CCCCC(=O)O[C@H](COC(=O)CCCCC/C=C/CCCCCCCCCC)COP(=O)([O-])OCC[N+](C)(C)C. The molecule has 0 N–H and O–H groups in total. The van der Waals surface area contributed by atoms with E-state index in [0.29, 0.717) is 23.9 Å². The van der Waals surface area contributed by atoms with Crippen LogP contribution in [0.25, 0.3) is 0 Å². The molecule has 10 heteroatoms. The van der Waals surface area contributed by atoms with Crippen molar-refractivity contribution >= 4 is 19.8 Å². The Balaban J connectivity index is 4.48. The fourth-order valence-corrected chi connectivity index (χ4v) is 6.15. The van der Waals surface area contributed by atoms with Crippen LogP contribution in [0.5, 0.6) is 0 Å². The Hall–Kier alpha value is -2.03. The van der Waals surface area contributed by atoms with Gasteiger partial charge in [-0.15, -0.1) is 0 Å². The van der Waals surface area contributed by atoms with E-state index < -0.39 is 32.5 Å². The molecule has 9 nitrogen and oxygen atoms in total. The van der Waals surface area contributed by atoms with Gasteiger partial charge in [-0.25, -0.2) is 0 Å². The van der Waals surface area contributed by atoms with Crippen LogP contribution in [0.4, 0.5) is 0 Å². The highest BCUT2D eigenvalue weighted by Crippen LogP contribution is 2.38. The molecule has 0 spiro atoms. The second kappa shape index (κ2) is 36.6. The minimum atomic E-state index is -4.64. The number of hydrogen-bond donors (Lipinski definition) is 0. The molecule has 0 aromatic heterocycles. The van der Waals surface area contributed by atoms with E-state index in [1.54, 1.807) is 0 Å². The molecule has 54 heavy (non-hydrogen) atoms. The number of ether oxygens (including phenoxy) is 2. The predicted octanol–water partition coefficient (Wildman–Crippen LogP) is 11.3. The Labute approximate surface area is 331 Å². The molecule has 0 aliphatic heterocycles. The molecule has 0 fully saturated rings. The Bertz CT molecular complexity index is 1070. The van der Waals surface area contributed by atoms with Crippen LogP contribution in [0.3, 0.4) is 0 Å². The zero-order chi connectivity index (χ0) is 40.0. The van der Waals surface area contributed by atoms with E-state index in [9.17, 15) is 19.0 Å². The maximum Gasteiger partial charge on any atom is 0.306 e. The third-order valence-corrected chi connectivity index (χ3v) is 9.79. The summed E-state index contributed by atoms with van der Waals surface area (Å²) in [6, 6.07) is 0. The van der Waals surface area contributed by atoms with Gasteiger partial charge in [-0.2, -0.15) is 0 Å². The van der Waals surface area contributed by atoms with Gasteiger partial charge in [0.1, 0.15) is 19.8 Å². The molecule has 2 atom stereocenters. The van der Waals surface area contributed by atoms with Crippen molar-refractivity contribution in [1.29, 1.82) is 0 Å². The first-order valence-corrected chi connectivity index (χ1v) is 22.8. The zero-order valence-electron chi connectivity index (χ0n) is 35.2. The number of nitrogens with zero attached hydrogens (tertiary/aromatic N) is 1. The first-order valence-electron chi connectivity index (χ1n) is 21.3. The van der Waals surface area contributed by atoms with Crippen LogP contribution in [-0.4, -0.2) is 70.0 Å². The molecular weight excluding hydrogens is 701 g/mol. The van der Waals surface area contributed by atoms with Crippen LogP contribution in [0.15, 0.2) is 48.6 Å². The second-order valence-electron chi connectivity index (χ2n) is 15.3. The highest BCUT2D eigenvalue weighted by molar-refractivity contribution is 7.45. The number of carbonyl (C=O) groups is 2. The van der Waals surface area contributed by atoms with E-state index in [1.165, 1.54) is 70.6 Å². The average Bonchev–Trinajstić information content (AvgIpc) is 3.12. The van der Waals surface area contributed by atoms with Gasteiger partial charge in [0.05, 0.1) is 27.7 Å². The molecule has 314 valence electrons. The summed E-state index contributed by atoms with van der Waals surface area (Å²) in [6.45, 7) is 4.12. The average molecular weight is 782 g/mol. The van der Waals surface area contributed by atoms with Gasteiger partial charge in [0, 0.05) is 12.8 Å². The summed E-state index contributed by atoms with van der Waals surface area (Å²) in [4.78, 5) is 37.4. The third-order valence-electron chi connectivity index (χ3n) is 8.82. The first-order chi connectivity index (χ1) is 26.0. The molecule has 0 amide bonds. The lowest BCUT2D eigenvalue weighted by molar-refractivity contribution is -0.870. The van der Waals surface area contributed by atoms with Gasteiger partial charge in [-0.1, -0.05) is 127 Å². The Morgan fingerprint density at radius 1 is 0.574 bits per heavy atom. The van der Waals surface area contributed by atoms with E-state index in [0.717, 1.165) is 57.8 Å². The van der Waals surface area contributed by atoms with Gasteiger partial charge in [-0.3, -0.25) is 14.2 Å². The van der Waals surface area contributed by atoms with Gasteiger partial charge in [0.25, 0.3) is 7.82 Å². The normalized spacial score (nSPS) is 14.1. The number of rotatable bonds is 38. The minimum Gasteiger partial charge on any atom is -0.756 e. The van der Waals surface area contributed by atoms with E-state index in [-0.39, 0.29) is 26.1 Å². The van der Waals surface area contributed by atoms with Crippen molar-refractivity contribution in [3.05, 3.63) is 48.6 Å². The number of likely N-dealkylation sites (N-methyl/N-ethyl adjacent to an activating group) is 1. The predicted molar refractivity (Wildman–Crippen MR) is 222 cm³/mol. The van der Waals surface area contributed by atoms with Gasteiger partial charge >= 0.3 is 11.9 Å². The number of esters is 2. The van der Waals surface area contributed by atoms with Crippen molar-refractivity contribution in [2.75, 3.05) is 47.5 Å². The fraction of sp³-hybridized carbons (Fsp3) is 0.773. The Morgan fingerprint density at radius 3 is 1.57 bits per heavy atom. The van der Waals surface area contributed by atoms with Gasteiger partial charge in [0.15, 0.2) is 6.10 Å². The standard InChI is InChI=1S/C44H80NO8P/c1-6-8-10-12-14-16-18-20-22-24-26-28-30-32-34-36-43(46)50-40-42(41-52-54(48,49)51-39-38-45(3,4)5)53-44(47)37-35-33-31-29-27-25-23-21-19-17-15-13-11-9-7-2/h15,17,21,23-24,26-27,29,42H,6-14,16,18-20,22,25,28,30-41H2,1-5H3/b17-15+,23-21+,26-24+,29-27+/t42-/m1/s1. The largest absolute Gasteiger partial charge is 0.756 e. The van der Waals surface area contributed by atoms with Gasteiger partial charge < -0.3 is 27.9 Å². The Kier molecular flexibility index (Phi) is 35.2. The van der Waals surface area contributed by atoms with Crippen molar-refractivity contribution < 1.29 is 42.1 Å². The maximum atomic E-state index is 12.6. The quantitative estimate of drug-likeness (QED) is 0.0200. The highest BCUT2D eigenvalue weighted by Gasteiger charge is 2.21. The van der Waals surface area contributed by atoms with Crippen molar-refractivity contribution in [2.24, 2.45) is 0 Å². The molecule has 0 bridgehead atoms. The number of phosphoric ester groups is 1. The summed E-state index contributed by atoms with van der Waals surface area (Å²) in [5.41, 5.74) is 0. The number of unbranched alkanes of at least 4 members (excludes halogenated alkanes) is 16. The van der Waals surface area contributed by atoms with E-state index in [2.05, 4.69) is 62.5 Å². The number of quaternary nitrogens is 1. The minimum absolute atomic E-state index is 0.0416. The lowest BCUT2D eigenvalue weighted by Crippen LogP contribution is -2.37. The molecule has 0 radical (unpaired) electrons. The summed E-state index contributed by atoms with van der Waals surface area (Å²) in [5.74, 6) is -0.900. The molecular formula is C44H80NO8P. The van der Waals surface area contributed by atoms with Gasteiger partial charge in [0.2, 0.25) is 0 Å². The molecule has 0 aromatic rings. The molecule has 0 aliphatic rings. The zero-order valence-corrected chi connectivity index (χ0v) is 36.0. The summed E-state index contributed by atoms with van der Waals surface area (Å²) < 4.78 is 33.8. The summed E-state index contributed by atoms with van der Waals surface area (Å²) in [6.07, 6.45) is 41.4. The topological polar surface area (TPSA) is 111 Å². The molecule has 0 heterocycles. The van der Waals surface area contributed by atoms with Crippen LogP contribution in [0.2, 0.25) is 0 Å². The van der Waals surface area contributed by atoms with E-state index in [1.807, 2.05) is 21.1 Å². The third kappa shape index (κ3) is 39.7. The monoisotopic (exact) mass is 782 g/mol. The smallest absolute Gasteiger partial charge is 0.306 e. The first kappa shape index (κ1) is 52.0. The van der Waals surface area contributed by atoms with Crippen molar-refractivity contribution in [2.45, 2.75) is 174 Å². The number of hydrogen-bond acceptors (Lipinski definition) is 8. The molecule has 0 rings (SSSR count). The number of phosphoric acid groups is 1. The van der Waals surface area contributed by atoms with E-state index >= 15 is 0 Å². The number of allylic oxidation sites excluding steroid dienone is 8. The van der Waals surface area contributed by atoms with Crippen molar-refractivity contribution in [3.63, 3.8) is 0 Å². The summed E-state index contributed by atoms with van der Waals surface area (Å²) in [5, 5.41) is 0. The second-order valence-corrected chi connectivity index (χ2v) is 16.8. The summed E-state index contributed by atoms with van der Waals surface area (Å²) >= 11 is 0. The van der Waals surface area contributed by atoms with Crippen molar-refractivity contribution in [1.82, 2.24) is 0 Å². The van der Waals surface area contributed by atoms with Crippen LogP contribution in [0.1, 0.15) is 168 Å². The molecule has 1 unspecified atom stereocenters. The van der Waals surface area contributed by atoms with Crippen LogP contribution < -0.4 is 4.89 Å². The van der Waals surface area contributed by atoms with Crippen molar-refractivity contribution in [3.8, 4) is 0 Å². The van der Waals surface area contributed by atoms with E-state index in [4.69, 9.17) is 18.5 Å². The Morgan fingerprint density at radius 2 is 1.00 bits per heavy atom. The molecule has 0 saturated heterocycles. The summed E-state index contributed by atoms with van der Waals surface area (Å²) in [7, 11) is 1.13. The van der Waals surface area contributed by atoms with Gasteiger partial charge in [-0.05, 0) is 77.0 Å². The molecule has 0 aromatic carbocycles. The van der Waals surface area contributed by atoms with Crippen LogP contribution in [-0.2, 0) is 32.7 Å². The molecule has 0 aliphatic carbocycles. The fourth-order valence-electron chi connectivity index (χ4n) is 5.42. The van der Waals surface area contributed by atoms with Crippen LogP contribution >= 0.6 is 7.82 Å². The molecule has 0 saturated carbocycles. The number of carbonyl (C=O) groups excluding carboxylic acids is 2. The lowest BCUT2D eigenvalue weighted by Gasteiger charge is -2.28. The maximum absolute atomic E-state index is 12.6.